The summed E-state index contributed by atoms with van der Waals surface area (Å²) in [5.74, 6) is 0. The molecule has 0 aromatic heterocycles. The Morgan fingerprint density at radius 1 is 0.625 bits per heavy atom. The third-order valence-corrected chi connectivity index (χ3v) is 3.58. The third-order valence-electron chi connectivity index (χ3n) is 3.58. The zero-order valence-electron chi connectivity index (χ0n) is 11.9. The Hall–Kier alpha value is -0.0400. The average Bonchev–Trinajstić information content (AvgIpc) is 2.27. The second-order valence-electron chi connectivity index (χ2n) is 5.38. The van der Waals surface area contributed by atoms with Crippen molar-refractivity contribution in [3.8, 4) is 0 Å². The van der Waals surface area contributed by atoms with Crippen LogP contribution in [0, 0.1) is 0 Å². The SMILES string of the molecule is CCCCCC(N)(CCCC)CCCCC. The van der Waals surface area contributed by atoms with Gasteiger partial charge in [0, 0.05) is 5.54 Å². The van der Waals surface area contributed by atoms with Crippen molar-refractivity contribution in [3.05, 3.63) is 0 Å². The molecule has 0 heterocycles. The van der Waals surface area contributed by atoms with Crippen LogP contribution in [0.2, 0.25) is 0 Å². The van der Waals surface area contributed by atoms with Crippen molar-refractivity contribution in [1.82, 2.24) is 0 Å². The predicted octanol–water partition coefficient (Wildman–Crippen LogP) is 5.03. The minimum atomic E-state index is 0.153. The number of unbranched alkanes of at least 4 members (excludes halogenated alkanes) is 5. The summed E-state index contributed by atoms with van der Waals surface area (Å²) in [4.78, 5) is 0. The predicted molar refractivity (Wildman–Crippen MR) is 74.7 cm³/mol. The monoisotopic (exact) mass is 227 g/mol. The maximum Gasteiger partial charge on any atom is 0.0154 e. The van der Waals surface area contributed by atoms with Crippen molar-refractivity contribution in [2.24, 2.45) is 5.73 Å². The molecule has 0 aliphatic rings. The van der Waals surface area contributed by atoms with E-state index < -0.39 is 0 Å². The first kappa shape index (κ1) is 16.0. The summed E-state index contributed by atoms with van der Waals surface area (Å²) in [5, 5.41) is 0. The van der Waals surface area contributed by atoms with Gasteiger partial charge in [0.05, 0.1) is 0 Å². The molecule has 0 saturated carbocycles. The summed E-state index contributed by atoms with van der Waals surface area (Å²) in [6, 6.07) is 0. The van der Waals surface area contributed by atoms with Crippen molar-refractivity contribution in [3.63, 3.8) is 0 Å². The lowest BCUT2D eigenvalue weighted by atomic mass is 9.83. The van der Waals surface area contributed by atoms with Gasteiger partial charge in [0.2, 0.25) is 0 Å². The van der Waals surface area contributed by atoms with Crippen LogP contribution in [0.3, 0.4) is 0 Å². The van der Waals surface area contributed by atoms with Gasteiger partial charge in [-0.05, 0) is 19.3 Å². The fourth-order valence-electron chi connectivity index (χ4n) is 2.36. The lowest BCUT2D eigenvalue weighted by Gasteiger charge is -2.30. The smallest absolute Gasteiger partial charge is 0.0154 e. The first-order valence-corrected chi connectivity index (χ1v) is 7.47. The fraction of sp³-hybridized carbons (Fsp3) is 1.00. The molecule has 0 atom stereocenters. The molecule has 1 nitrogen and oxygen atoms in total. The van der Waals surface area contributed by atoms with E-state index in [0.29, 0.717) is 0 Å². The lowest BCUT2D eigenvalue weighted by molar-refractivity contribution is 0.308. The van der Waals surface area contributed by atoms with Crippen LogP contribution in [0.15, 0.2) is 0 Å². The highest BCUT2D eigenvalue weighted by Gasteiger charge is 2.22. The zero-order valence-corrected chi connectivity index (χ0v) is 11.9. The molecule has 0 unspecified atom stereocenters. The summed E-state index contributed by atoms with van der Waals surface area (Å²) in [7, 11) is 0. The molecule has 0 bridgehead atoms. The molecule has 0 spiro atoms. The number of nitrogens with two attached hydrogens (primary N) is 1. The first-order chi connectivity index (χ1) is 7.68. The van der Waals surface area contributed by atoms with Gasteiger partial charge in [-0.2, -0.15) is 0 Å². The molecule has 0 aromatic rings. The van der Waals surface area contributed by atoms with E-state index in [9.17, 15) is 0 Å². The molecular weight excluding hydrogens is 194 g/mol. The van der Waals surface area contributed by atoms with Crippen LogP contribution in [0.25, 0.3) is 0 Å². The Bertz CT molecular complexity index is 132. The average molecular weight is 227 g/mol. The minimum absolute atomic E-state index is 0.153. The zero-order chi connectivity index (χ0) is 12.3. The summed E-state index contributed by atoms with van der Waals surface area (Å²) in [6.45, 7) is 6.79. The third kappa shape index (κ3) is 8.15. The van der Waals surface area contributed by atoms with Gasteiger partial charge >= 0.3 is 0 Å². The Morgan fingerprint density at radius 2 is 1.00 bits per heavy atom. The van der Waals surface area contributed by atoms with E-state index in [0.717, 1.165) is 0 Å². The molecule has 0 aromatic carbocycles. The first-order valence-electron chi connectivity index (χ1n) is 7.47. The van der Waals surface area contributed by atoms with Crippen LogP contribution in [0.4, 0.5) is 0 Å². The molecule has 2 N–H and O–H groups in total. The molecular formula is C15H33N. The van der Waals surface area contributed by atoms with Gasteiger partial charge < -0.3 is 5.73 Å². The van der Waals surface area contributed by atoms with Gasteiger partial charge in [-0.1, -0.05) is 72.1 Å². The summed E-state index contributed by atoms with van der Waals surface area (Å²) in [6.07, 6.45) is 14.2. The number of rotatable bonds is 11. The highest BCUT2D eigenvalue weighted by Crippen LogP contribution is 2.25. The van der Waals surface area contributed by atoms with Crippen molar-refractivity contribution in [2.45, 2.75) is 96.9 Å². The van der Waals surface area contributed by atoms with Crippen molar-refractivity contribution in [1.29, 1.82) is 0 Å². The van der Waals surface area contributed by atoms with Gasteiger partial charge in [-0.3, -0.25) is 0 Å². The maximum atomic E-state index is 6.57. The Morgan fingerprint density at radius 3 is 1.38 bits per heavy atom. The van der Waals surface area contributed by atoms with Crippen LogP contribution in [-0.2, 0) is 0 Å². The molecule has 1 heteroatoms. The van der Waals surface area contributed by atoms with E-state index in [-0.39, 0.29) is 5.54 Å². The van der Waals surface area contributed by atoms with E-state index in [1.54, 1.807) is 0 Å². The van der Waals surface area contributed by atoms with Gasteiger partial charge in [0.25, 0.3) is 0 Å². The molecule has 0 rings (SSSR count). The standard InChI is InChI=1S/C15H33N/c1-4-7-10-13-15(16,12-9-6-3)14-11-8-5-2/h4-14,16H2,1-3H3. The highest BCUT2D eigenvalue weighted by molar-refractivity contribution is 4.83. The van der Waals surface area contributed by atoms with Crippen LogP contribution >= 0.6 is 0 Å². The van der Waals surface area contributed by atoms with Gasteiger partial charge in [-0.15, -0.1) is 0 Å². The van der Waals surface area contributed by atoms with E-state index in [4.69, 9.17) is 5.73 Å². The summed E-state index contributed by atoms with van der Waals surface area (Å²) < 4.78 is 0. The largest absolute Gasteiger partial charge is 0.325 e. The molecule has 16 heavy (non-hydrogen) atoms. The number of hydrogen-bond donors (Lipinski definition) is 1. The van der Waals surface area contributed by atoms with Crippen molar-refractivity contribution in [2.75, 3.05) is 0 Å². The van der Waals surface area contributed by atoms with Crippen molar-refractivity contribution >= 4 is 0 Å². The van der Waals surface area contributed by atoms with E-state index in [1.807, 2.05) is 0 Å². The van der Waals surface area contributed by atoms with E-state index >= 15 is 0 Å². The summed E-state index contributed by atoms with van der Waals surface area (Å²) in [5.41, 5.74) is 6.72. The van der Waals surface area contributed by atoms with Crippen LogP contribution < -0.4 is 5.73 Å². The van der Waals surface area contributed by atoms with Crippen molar-refractivity contribution < 1.29 is 0 Å². The molecule has 0 aliphatic heterocycles. The Balaban J connectivity index is 3.91. The summed E-state index contributed by atoms with van der Waals surface area (Å²) >= 11 is 0. The Kier molecular flexibility index (Phi) is 10.1. The van der Waals surface area contributed by atoms with Crippen LogP contribution in [-0.4, -0.2) is 5.54 Å². The number of hydrogen-bond acceptors (Lipinski definition) is 1. The van der Waals surface area contributed by atoms with Gasteiger partial charge in [0.15, 0.2) is 0 Å². The molecule has 98 valence electrons. The normalized spacial score (nSPS) is 12.0. The maximum absolute atomic E-state index is 6.57. The highest BCUT2D eigenvalue weighted by atomic mass is 14.7. The van der Waals surface area contributed by atoms with Crippen LogP contribution in [0.5, 0.6) is 0 Å². The Labute approximate surface area is 103 Å². The molecule has 0 fully saturated rings. The molecule has 0 amide bonds. The quantitative estimate of drug-likeness (QED) is 0.492. The molecule has 0 aliphatic carbocycles. The minimum Gasteiger partial charge on any atom is -0.325 e. The lowest BCUT2D eigenvalue weighted by Crippen LogP contribution is -2.39. The topological polar surface area (TPSA) is 26.0 Å². The second kappa shape index (κ2) is 10.1. The fourth-order valence-corrected chi connectivity index (χ4v) is 2.36. The van der Waals surface area contributed by atoms with Gasteiger partial charge in [0.1, 0.15) is 0 Å². The second-order valence-corrected chi connectivity index (χ2v) is 5.38. The van der Waals surface area contributed by atoms with E-state index in [1.165, 1.54) is 70.6 Å². The molecule has 0 saturated heterocycles. The van der Waals surface area contributed by atoms with E-state index in [2.05, 4.69) is 20.8 Å². The van der Waals surface area contributed by atoms with Gasteiger partial charge in [-0.25, -0.2) is 0 Å². The van der Waals surface area contributed by atoms with Crippen LogP contribution in [0.1, 0.15) is 91.4 Å². The molecule has 0 radical (unpaired) electrons.